The van der Waals surface area contributed by atoms with E-state index < -0.39 is 0 Å². The Bertz CT molecular complexity index is 350. The minimum Gasteiger partial charge on any atom is -0.409 e. The predicted octanol–water partition coefficient (Wildman–Crippen LogP) is 0.311. The van der Waals surface area contributed by atoms with Gasteiger partial charge in [0.05, 0.1) is 0 Å². The Kier molecular flexibility index (Phi) is 3.22. The standard InChI is InChI=1S/C8H13N5O/c1-3-10-8-11-5(2)4-6(12-8)7(9)13-14/h4,14H,3H2,1-2H3,(H2,9,13)(H,10,11,12). The second-order valence-electron chi connectivity index (χ2n) is 2.73. The molecule has 0 saturated carbocycles. The van der Waals surface area contributed by atoms with E-state index in [-0.39, 0.29) is 5.84 Å². The first kappa shape index (κ1) is 10.2. The molecule has 0 spiro atoms. The lowest BCUT2D eigenvalue weighted by Gasteiger charge is -2.04. The summed E-state index contributed by atoms with van der Waals surface area (Å²) in [6, 6.07) is 1.65. The molecule has 0 aliphatic heterocycles. The molecule has 1 rings (SSSR count). The number of anilines is 1. The summed E-state index contributed by atoms with van der Waals surface area (Å²) in [5, 5.41) is 14.3. The van der Waals surface area contributed by atoms with Gasteiger partial charge in [0.25, 0.3) is 0 Å². The van der Waals surface area contributed by atoms with Gasteiger partial charge in [-0.15, -0.1) is 0 Å². The highest BCUT2D eigenvalue weighted by Gasteiger charge is 2.04. The molecule has 0 saturated heterocycles. The van der Waals surface area contributed by atoms with Gasteiger partial charge in [0.2, 0.25) is 5.95 Å². The normalized spacial score (nSPS) is 11.4. The Morgan fingerprint density at radius 1 is 1.64 bits per heavy atom. The Hall–Kier alpha value is -1.85. The molecule has 0 fully saturated rings. The SMILES string of the molecule is CCNc1nc(C)cc(/C(N)=N/O)n1. The van der Waals surface area contributed by atoms with E-state index in [0.717, 1.165) is 12.2 Å². The molecule has 0 unspecified atom stereocenters. The van der Waals surface area contributed by atoms with Gasteiger partial charge >= 0.3 is 0 Å². The van der Waals surface area contributed by atoms with Gasteiger partial charge in [-0.2, -0.15) is 0 Å². The number of oxime groups is 1. The minimum absolute atomic E-state index is 0.0188. The summed E-state index contributed by atoms with van der Waals surface area (Å²) in [7, 11) is 0. The van der Waals surface area contributed by atoms with Gasteiger partial charge in [-0.3, -0.25) is 0 Å². The van der Waals surface area contributed by atoms with Gasteiger partial charge in [0.15, 0.2) is 5.84 Å². The van der Waals surface area contributed by atoms with E-state index in [1.54, 1.807) is 6.07 Å². The molecule has 0 radical (unpaired) electrons. The number of hydrogen-bond donors (Lipinski definition) is 3. The van der Waals surface area contributed by atoms with Gasteiger partial charge in [0, 0.05) is 12.2 Å². The number of hydrogen-bond acceptors (Lipinski definition) is 5. The van der Waals surface area contributed by atoms with Crippen LogP contribution in [0, 0.1) is 6.92 Å². The van der Waals surface area contributed by atoms with Crippen molar-refractivity contribution in [2.24, 2.45) is 10.9 Å². The lowest BCUT2D eigenvalue weighted by Crippen LogP contribution is -2.17. The molecule has 1 heterocycles. The van der Waals surface area contributed by atoms with E-state index >= 15 is 0 Å². The van der Waals surface area contributed by atoms with Crippen LogP contribution in [-0.2, 0) is 0 Å². The maximum atomic E-state index is 8.48. The predicted molar refractivity (Wildman–Crippen MR) is 53.4 cm³/mol. The van der Waals surface area contributed by atoms with E-state index in [1.807, 2.05) is 13.8 Å². The lowest BCUT2D eigenvalue weighted by molar-refractivity contribution is 0.318. The number of nitrogens with two attached hydrogens (primary N) is 1. The summed E-state index contributed by atoms with van der Waals surface area (Å²) in [5.41, 5.74) is 6.58. The van der Waals surface area contributed by atoms with Crippen molar-refractivity contribution in [1.82, 2.24) is 9.97 Å². The highest BCUT2D eigenvalue weighted by Crippen LogP contribution is 2.04. The molecule has 6 nitrogen and oxygen atoms in total. The van der Waals surface area contributed by atoms with E-state index in [0.29, 0.717) is 11.6 Å². The maximum Gasteiger partial charge on any atom is 0.223 e. The molecule has 0 aliphatic carbocycles. The summed E-state index contributed by atoms with van der Waals surface area (Å²) in [5.74, 6) is 0.462. The van der Waals surface area contributed by atoms with Crippen molar-refractivity contribution >= 4 is 11.8 Å². The number of aryl methyl sites for hydroxylation is 1. The van der Waals surface area contributed by atoms with Crippen LogP contribution in [0.4, 0.5) is 5.95 Å². The van der Waals surface area contributed by atoms with Crippen LogP contribution in [0.3, 0.4) is 0 Å². The van der Waals surface area contributed by atoms with Crippen LogP contribution in [0.5, 0.6) is 0 Å². The first-order valence-electron chi connectivity index (χ1n) is 4.24. The first-order valence-corrected chi connectivity index (χ1v) is 4.24. The van der Waals surface area contributed by atoms with Gasteiger partial charge in [-0.1, -0.05) is 5.16 Å². The van der Waals surface area contributed by atoms with Crippen LogP contribution < -0.4 is 11.1 Å². The number of rotatable bonds is 3. The van der Waals surface area contributed by atoms with Crippen LogP contribution in [0.15, 0.2) is 11.2 Å². The molecule has 0 aliphatic rings. The van der Waals surface area contributed by atoms with Crippen molar-refractivity contribution in [3.8, 4) is 0 Å². The van der Waals surface area contributed by atoms with Gasteiger partial charge in [-0.25, -0.2) is 9.97 Å². The zero-order valence-electron chi connectivity index (χ0n) is 8.15. The average Bonchev–Trinajstić information content (AvgIpc) is 2.16. The summed E-state index contributed by atoms with van der Waals surface area (Å²) in [6.45, 7) is 4.48. The summed E-state index contributed by atoms with van der Waals surface area (Å²) in [6.07, 6.45) is 0. The quantitative estimate of drug-likeness (QED) is 0.279. The molecular formula is C8H13N5O. The first-order chi connectivity index (χ1) is 6.67. The van der Waals surface area contributed by atoms with E-state index in [4.69, 9.17) is 10.9 Å². The largest absolute Gasteiger partial charge is 0.409 e. The summed E-state index contributed by atoms with van der Waals surface area (Å²) in [4.78, 5) is 8.18. The van der Waals surface area contributed by atoms with Gasteiger partial charge in [-0.05, 0) is 19.9 Å². The third-order valence-corrected chi connectivity index (χ3v) is 1.56. The van der Waals surface area contributed by atoms with Crippen LogP contribution in [0.2, 0.25) is 0 Å². The Morgan fingerprint density at radius 3 is 2.93 bits per heavy atom. The van der Waals surface area contributed by atoms with Gasteiger partial charge in [0.1, 0.15) is 5.69 Å². The topological polar surface area (TPSA) is 96.4 Å². The average molecular weight is 195 g/mol. The Morgan fingerprint density at radius 2 is 2.36 bits per heavy atom. The van der Waals surface area contributed by atoms with Gasteiger partial charge < -0.3 is 16.3 Å². The molecule has 76 valence electrons. The van der Waals surface area contributed by atoms with Crippen LogP contribution in [0.1, 0.15) is 18.3 Å². The molecule has 14 heavy (non-hydrogen) atoms. The number of nitrogens with one attached hydrogen (secondary N) is 1. The smallest absolute Gasteiger partial charge is 0.223 e. The molecule has 0 atom stereocenters. The molecule has 0 bridgehead atoms. The van der Waals surface area contributed by atoms with Crippen LogP contribution >= 0.6 is 0 Å². The molecule has 0 amide bonds. The summed E-state index contributed by atoms with van der Waals surface area (Å²) >= 11 is 0. The van der Waals surface area contributed by atoms with Crippen molar-refractivity contribution in [3.05, 3.63) is 17.5 Å². The molecule has 1 aromatic rings. The molecule has 0 aromatic carbocycles. The maximum absolute atomic E-state index is 8.48. The fourth-order valence-corrected chi connectivity index (χ4v) is 0.988. The second kappa shape index (κ2) is 4.40. The van der Waals surface area contributed by atoms with Crippen molar-refractivity contribution in [2.45, 2.75) is 13.8 Å². The fourth-order valence-electron chi connectivity index (χ4n) is 0.988. The highest BCUT2D eigenvalue weighted by atomic mass is 16.4. The van der Waals surface area contributed by atoms with E-state index in [1.165, 1.54) is 0 Å². The second-order valence-corrected chi connectivity index (χ2v) is 2.73. The van der Waals surface area contributed by atoms with Crippen molar-refractivity contribution < 1.29 is 5.21 Å². The van der Waals surface area contributed by atoms with Crippen LogP contribution in [-0.4, -0.2) is 27.6 Å². The molecular weight excluding hydrogens is 182 g/mol. The molecule has 6 heteroatoms. The van der Waals surface area contributed by atoms with Crippen molar-refractivity contribution in [2.75, 3.05) is 11.9 Å². The van der Waals surface area contributed by atoms with E-state index in [9.17, 15) is 0 Å². The summed E-state index contributed by atoms with van der Waals surface area (Å²) < 4.78 is 0. The number of amidine groups is 1. The van der Waals surface area contributed by atoms with E-state index in [2.05, 4.69) is 20.4 Å². The molecule has 1 aromatic heterocycles. The Labute approximate surface area is 81.9 Å². The zero-order valence-corrected chi connectivity index (χ0v) is 8.15. The lowest BCUT2D eigenvalue weighted by atomic mass is 10.3. The van der Waals surface area contributed by atoms with Crippen molar-refractivity contribution in [3.63, 3.8) is 0 Å². The van der Waals surface area contributed by atoms with Crippen molar-refractivity contribution in [1.29, 1.82) is 0 Å². The van der Waals surface area contributed by atoms with Crippen LogP contribution in [0.25, 0.3) is 0 Å². The monoisotopic (exact) mass is 195 g/mol. The number of aromatic nitrogens is 2. The highest BCUT2D eigenvalue weighted by molar-refractivity contribution is 5.95. The Balaban J connectivity index is 3.07. The fraction of sp³-hybridized carbons (Fsp3) is 0.375. The third-order valence-electron chi connectivity index (χ3n) is 1.56. The third kappa shape index (κ3) is 2.32. The minimum atomic E-state index is -0.0188. The number of nitrogens with zero attached hydrogens (tertiary/aromatic N) is 3. The molecule has 4 N–H and O–H groups in total. The zero-order chi connectivity index (χ0) is 10.6.